The molecule has 1 aromatic rings. The smallest absolute Gasteiger partial charge is 0.277 e. The first kappa shape index (κ1) is 19.2. The fourth-order valence-corrected chi connectivity index (χ4v) is 5.23. The molecule has 0 bridgehead atoms. The van der Waals surface area contributed by atoms with Crippen molar-refractivity contribution in [2.45, 2.75) is 37.1 Å². The SMILES string of the molecule is CC[C@@H](c1nnc(SCC(=O)N(C)[C@@H]2CCS(=O)(=O)C2)o1)[NH+](C)C. The fourth-order valence-electron chi connectivity index (χ4n) is 2.76. The second-order valence-corrected chi connectivity index (χ2v) is 9.45. The van der Waals surface area contributed by atoms with Crippen LogP contribution in [0.5, 0.6) is 0 Å². The van der Waals surface area contributed by atoms with Crippen LogP contribution in [0, 0.1) is 0 Å². The van der Waals surface area contributed by atoms with Gasteiger partial charge in [-0.2, -0.15) is 0 Å². The van der Waals surface area contributed by atoms with Crippen molar-refractivity contribution in [3.05, 3.63) is 5.89 Å². The standard InChI is InChI=1S/C14H24N4O4S2/c1-5-11(17(2)3)13-15-16-14(22-13)23-8-12(19)18(4)10-6-7-24(20,21)9-10/h10-11H,5-9H2,1-4H3/p+1/t10-,11+/m1/s1. The van der Waals surface area contributed by atoms with E-state index in [-0.39, 0.29) is 35.2 Å². The van der Waals surface area contributed by atoms with Gasteiger partial charge < -0.3 is 14.2 Å². The Morgan fingerprint density at radius 1 is 1.46 bits per heavy atom. The molecule has 1 fully saturated rings. The number of nitrogens with one attached hydrogen (secondary N) is 1. The number of hydrogen-bond donors (Lipinski definition) is 1. The summed E-state index contributed by atoms with van der Waals surface area (Å²) in [6, 6.07) is -0.0999. The number of hydrogen-bond acceptors (Lipinski definition) is 7. The number of carbonyl (C=O) groups is 1. The molecule has 0 aromatic carbocycles. The van der Waals surface area contributed by atoms with Gasteiger partial charge in [-0.25, -0.2) is 8.42 Å². The topological polar surface area (TPSA) is 97.8 Å². The number of quaternary nitrogens is 1. The number of nitrogens with zero attached hydrogens (tertiary/aromatic N) is 3. The van der Waals surface area contributed by atoms with Gasteiger partial charge in [-0.15, -0.1) is 10.2 Å². The molecule has 2 heterocycles. The summed E-state index contributed by atoms with van der Waals surface area (Å²) in [4.78, 5) is 15.0. The van der Waals surface area contributed by atoms with Crippen LogP contribution >= 0.6 is 11.8 Å². The van der Waals surface area contributed by atoms with Gasteiger partial charge in [-0.1, -0.05) is 18.7 Å². The Kier molecular flexibility index (Phi) is 6.27. The molecule has 0 saturated carbocycles. The van der Waals surface area contributed by atoms with Crippen molar-refractivity contribution in [3.8, 4) is 0 Å². The summed E-state index contributed by atoms with van der Waals surface area (Å²) in [7, 11) is 2.70. The average molecular weight is 378 g/mol. The van der Waals surface area contributed by atoms with Crippen LogP contribution in [0.2, 0.25) is 0 Å². The van der Waals surface area contributed by atoms with E-state index in [1.807, 2.05) is 14.1 Å². The summed E-state index contributed by atoms with van der Waals surface area (Å²) in [6.07, 6.45) is 1.39. The number of sulfone groups is 1. The predicted octanol–water partition coefficient (Wildman–Crippen LogP) is -0.597. The lowest BCUT2D eigenvalue weighted by atomic mass is 10.2. The summed E-state index contributed by atoms with van der Waals surface area (Å²) >= 11 is 1.19. The molecule has 2 rings (SSSR count). The van der Waals surface area contributed by atoms with Crippen molar-refractivity contribution < 1.29 is 22.5 Å². The Morgan fingerprint density at radius 2 is 2.17 bits per heavy atom. The maximum absolute atomic E-state index is 12.2. The highest BCUT2D eigenvalue weighted by molar-refractivity contribution is 7.99. The summed E-state index contributed by atoms with van der Waals surface area (Å²) in [6.45, 7) is 2.06. The first-order valence-electron chi connectivity index (χ1n) is 7.95. The van der Waals surface area contributed by atoms with E-state index in [1.165, 1.54) is 21.6 Å². The second kappa shape index (κ2) is 7.83. The van der Waals surface area contributed by atoms with Crippen molar-refractivity contribution in [1.82, 2.24) is 15.1 Å². The molecule has 24 heavy (non-hydrogen) atoms. The van der Waals surface area contributed by atoms with Gasteiger partial charge in [0.2, 0.25) is 5.91 Å². The molecule has 8 nitrogen and oxygen atoms in total. The van der Waals surface area contributed by atoms with Gasteiger partial charge in [0.1, 0.15) is 0 Å². The zero-order chi connectivity index (χ0) is 17.9. The van der Waals surface area contributed by atoms with Crippen LogP contribution in [0.15, 0.2) is 9.64 Å². The van der Waals surface area contributed by atoms with Gasteiger partial charge in [0.15, 0.2) is 15.9 Å². The van der Waals surface area contributed by atoms with Gasteiger partial charge in [0.25, 0.3) is 11.1 Å². The van der Waals surface area contributed by atoms with Crippen molar-refractivity contribution in [2.24, 2.45) is 0 Å². The second-order valence-electron chi connectivity index (χ2n) is 6.29. The lowest BCUT2D eigenvalue weighted by Gasteiger charge is -2.22. The minimum absolute atomic E-state index is 0.0500. The number of rotatable bonds is 7. The maximum Gasteiger partial charge on any atom is 0.277 e. The average Bonchev–Trinajstić information content (AvgIpc) is 3.11. The van der Waals surface area contributed by atoms with Crippen molar-refractivity contribution in [3.63, 3.8) is 0 Å². The van der Waals surface area contributed by atoms with Crippen LogP contribution < -0.4 is 4.90 Å². The summed E-state index contributed by atoms with van der Waals surface area (Å²) in [5, 5.41) is 8.42. The van der Waals surface area contributed by atoms with Crippen LogP contribution in [-0.2, 0) is 14.6 Å². The molecule has 1 aliphatic heterocycles. The van der Waals surface area contributed by atoms with E-state index in [9.17, 15) is 13.2 Å². The zero-order valence-electron chi connectivity index (χ0n) is 14.5. The van der Waals surface area contributed by atoms with E-state index in [2.05, 4.69) is 17.1 Å². The van der Waals surface area contributed by atoms with E-state index in [1.54, 1.807) is 7.05 Å². The van der Waals surface area contributed by atoms with E-state index >= 15 is 0 Å². The minimum atomic E-state index is -3.00. The molecule has 1 saturated heterocycles. The molecule has 1 aliphatic rings. The quantitative estimate of drug-likeness (QED) is 0.634. The lowest BCUT2D eigenvalue weighted by Crippen LogP contribution is -3.06. The Labute approximate surface area is 146 Å². The number of thioether (sulfide) groups is 1. The maximum atomic E-state index is 12.2. The zero-order valence-corrected chi connectivity index (χ0v) is 16.1. The highest BCUT2D eigenvalue weighted by atomic mass is 32.2. The van der Waals surface area contributed by atoms with Crippen molar-refractivity contribution in [2.75, 3.05) is 38.4 Å². The number of aromatic nitrogens is 2. The first-order chi connectivity index (χ1) is 11.2. The molecular formula is C14H25N4O4S2+. The molecule has 1 N–H and O–H groups in total. The van der Waals surface area contributed by atoms with Gasteiger partial charge in [0.05, 0.1) is 31.4 Å². The Hall–Kier alpha value is -1.13. The van der Waals surface area contributed by atoms with Crippen LogP contribution in [0.4, 0.5) is 0 Å². The Morgan fingerprint density at radius 3 is 2.71 bits per heavy atom. The lowest BCUT2D eigenvalue weighted by molar-refractivity contribution is -0.894. The highest BCUT2D eigenvalue weighted by Gasteiger charge is 2.32. The molecule has 0 spiro atoms. The molecule has 10 heteroatoms. The monoisotopic (exact) mass is 377 g/mol. The van der Waals surface area contributed by atoms with Gasteiger partial charge in [0, 0.05) is 19.5 Å². The molecule has 1 amide bonds. The minimum Gasteiger partial charge on any atom is -0.410 e. The molecular weight excluding hydrogens is 352 g/mol. The predicted molar refractivity (Wildman–Crippen MR) is 90.7 cm³/mol. The summed E-state index contributed by atoms with van der Waals surface area (Å²) in [5.41, 5.74) is 0. The van der Waals surface area contributed by atoms with Crippen molar-refractivity contribution >= 4 is 27.5 Å². The highest BCUT2D eigenvalue weighted by Crippen LogP contribution is 2.22. The first-order valence-corrected chi connectivity index (χ1v) is 10.8. The Balaban J connectivity index is 1.89. The van der Waals surface area contributed by atoms with Crippen LogP contribution in [0.25, 0.3) is 0 Å². The normalized spacial score (nSPS) is 21.1. The van der Waals surface area contributed by atoms with Gasteiger partial charge >= 0.3 is 0 Å². The number of amides is 1. The van der Waals surface area contributed by atoms with E-state index in [0.29, 0.717) is 17.5 Å². The van der Waals surface area contributed by atoms with E-state index in [4.69, 9.17) is 4.42 Å². The van der Waals surface area contributed by atoms with E-state index in [0.717, 1.165) is 6.42 Å². The largest absolute Gasteiger partial charge is 0.410 e. The van der Waals surface area contributed by atoms with Gasteiger partial charge in [-0.05, 0) is 6.42 Å². The van der Waals surface area contributed by atoms with E-state index < -0.39 is 9.84 Å². The Bertz CT molecular complexity index is 674. The van der Waals surface area contributed by atoms with Crippen LogP contribution in [-0.4, -0.2) is 73.9 Å². The molecule has 0 radical (unpaired) electrons. The third-order valence-electron chi connectivity index (χ3n) is 4.29. The van der Waals surface area contributed by atoms with Crippen LogP contribution in [0.3, 0.4) is 0 Å². The van der Waals surface area contributed by atoms with Crippen molar-refractivity contribution in [1.29, 1.82) is 0 Å². The molecule has 0 unspecified atom stereocenters. The number of carbonyl (C=O) groups excluding carboxylic acids is 1. The molecule has 0 aliphatic carbocycles. The fraction of sp³-hybridized carbons (Fsp3) is 0.786. The van der Waals surface area contributed by atoms with Gasteiger partial charge in [-0.3, -0.25) is 4.79 Å². The molecule has 136 valence electrons. The summed E-state index contributed by atoms with van der Waals surface area (Å²) in [5.74, 6) is 0.796. The third-order valence-corrected chi connectivity index (χ3v) is 6.85. The van der Waals surface area contributed by atoms with Crippen LogP contribution in [0.1, 0.15) is 31.7 Å². The molecule has 2 atom stereocenters. The molecule has 1 aromatic heterocycles. The third kappa shape index (κ3) is 4.70. The summed E-state index contributed by atoms with van der Waals surface area (Å²) < 4.78 is 28.7.